The third-order valence-corrected chi connectivity index (χ3v) is 13.4. The fraction of sp³-hybridized carbons (Fsp3) is 0.420. The summed E-state index contributed by atoms with van der Waals surface area (Å²) >= 11 is 3.92. The van der Waals surface area contributed by atoms with Gasteiger partial charge in [0, 0.05) is 48.4 Å². The molecule has 2 aliphatic heterocycles. The van der Waals surface area contributed by atoms with Gasteiger partial charge in [-0.25, -0.2) is 14.2 Å². The number of carboxylic acids is 1. The highest BCUT2D eigenvalue weighted by Crippen LogP contribution is 2.46. The van der Waals surface area contributed by atoms with Gasteiger partial charge < -0.3 is 56.7 Å². The molecule has 2 aromatic carbocycles. The van der Waals surface area contributed by atoms with E-state index in [9.17, 15) is 53.1 Å². The summed E-state index contributed by atoms with van der Waals surface area (Å²) in [6.07, 6.45) is 0.166. The maximum atomic E-state index is 15.4. The third kappa shape index (κ3) is 12.0. The minimum absolute atomic E-state index is 0.00809. The van der Waals surface area contributed by atoms with Crippen molar-refractivity contribution in [2.24, 2.45) is 0 Å². The molecule has 0 bridgehead atoms. The number of aliphatic hydroxyl groups is 1. The number of pyridine rings is 2. The summed E-state index contributed by atoms with van der Waals surface area (Å²) in [4.78, 5) is 132. The maximum Gasteiger partial charge on any atom is 0.343 e. The van der Waals surface area contributed by atoms with E-state index in [1.165, 1.54) is 10.6 Å². The van der Waals surface area contributed by atoms with Crippen LogP contribution in [0.5, 0.6) is 0 Å². The van der Waals surface area contributed by atoms with E-state index in [-0.39, 0.29) is 74.6 Å². The first-order chi connectivity index (χ1) is 35.3. The third-order valence-electron chi connectivity index (χ3n) is 13.2. The Bertz CT molecular complexity index is 3010. The van der Waals surface area contributed by atoms with Gasteiger partial charge in [0.25, 0.3) is 5.56 Å². The zero-order valence-electron chi connectivity index (χ0n) is 40.5. The lowest BCUT2D eigenvalue weighted by atomic mass is 9.81. The van der Waals surface area contributed by atoms with Crippen LogP contribution < -0.4 is 42.8 Å². The van der Waals surface area contributed by atoms with Crippen LogP contribution in [0.4, 0.5) is 4.39 Å². The predicted octanol–water partition coefficient (Wildman–Crippen LogP) is -0.117. The molecule has 0 saturated carbocycles. The Labute approximate surface area is 427 Å². The SMILES string of the molecule is CC[C@@]1(O)C(=O)OCc2c1cc1n(c2=O)Cc2c-1nc1cc(F)c(C)c3c1c2[C@@H](NC(=O)CCCNC(=O)CNC(=O)[C@H](Cc1ccccc1)NC(=O)CNC(=O)CNC(=O)[C@H](CC(=O)O)NC(=O)CCS)CC3. The number of aromatic nitrogens is 2. The molecule has 0 radical (unpaired) electrons. The van der Waals surface area contributed by atoms with Crippen molar-refractivity contribution in [3.8, 4) is 11.4 Å². The smallest absolute Gasteiger partial charge is 0.343 e. The second-order valence-corrected chi connectivity index (χ2v) is 18.6. The Kier molecular flexibility index (Phi) is 17.1. The number of cyclic esters (lactones) is 1. The van der Waals surface area contributed by atoms with E-state index in [4.69, 9.17) is 14.8 Å². The Morgan fingerprint density at radius 2 is 1.54 bits per heavy atom. The van der Waals surface area contributed by atoms with E-state index in [0.717, 1.165) is 5.56 Å². The van der Waals surface area contributed by atoms with Crippen molar-refractivity contribution >= 4 is 76.8 Å². The van der Waals surface area contributed by atoms with E-state index < -0.39 is 109 Å². The van der Waals surface area contributed by atoms with Crippen LogP contribution in [-0.4, -0.2) is 117 Å². The number of thiol groups is 1. The van der Waals surface area contributed by atoms with Crippen LogP contribution in [0, 0.1) is 12.7 Å². The van der Waals surface area contributed by atoms with Crippen LogP contribution in [0.25, 0.3) is 22.3 Å². The van der Waals surface area contributed by atoms with Crippen LogP contribution >= 0.6 is 12.6 Å². The Morgan fingerprint density at radius 3 is 2.23 bits per heavy atom. The first kappa shape index (κ1) is 54.1. The molecule has 24 heteroatoms. The van der Waals surface area contributed by atoms with Gasteiger partial charge in [0.15, 0.2) is 5.60 Å². The fourth-order valence-corrected chi connectivity index (χ4v) is 9.59. The number of carboxylic acid groups (broad SMARTS) is 1. The molecule has 392 valence electrons. The number of hydrogen-bond acceptors (Lipinski definition) is 14. The topological polar surface area (TPSA) is 322 Å². The second kappa shape index (κ2) is 23.4. The molecule has 9 N–H and O–H groups in total. The van der Waals surface area contributed by atoms with Crippen molar-refractivity contribution in [3.63, 3.8) is 0 Å². The summed E-state index contributed by atoms with van der Waals surface area (Å²) in [6.45, 7) is 1.32. The number of fused-ring (bicyclic) bond motifs is 5. The van der Waals surface area contributed by atoms with Crippen molar-refractivity contribution in [2.45, 2.75) is 102 Å². The average molecular weight is 1040 g/mol. The standard InChI is InChI=1S/C50H56FN9O13S/c1-3-50(72)30-17-36-45-28(23-60(36)48(70)29(30)24-73-49(50)71)44-32(12-11-27-25(2)31(51)18-33(59-45)43(27)44)56-37(61)10-7-14-52-39(63)20-54-46(68)34(16-26-8-5-4-6-9-26)58-41(65)22-53-40(64)21-55-47(69)35(19-42(66)67)57-38(62)13-15-74/h4-6,8-9,17-18,32,34-35,72,74H,3,7,10-16,19-24H2,1-2H3,(H,52,63)(H,53,64)(H,54,68)(H,55,69)(H,56,61)(H,57,62)(H,58,65)(H,66,67)/t32-,34-,35-,50-/m0/s1. The van der Waals surface area contributed by atoms with Crippen LogP contribution in [0.2, 0.25) is 0 Å². The number of carbonyl (C=O) groups excluding carboxylic acids is 8. The fourth-order valence-electron chi connectivity index (χ4n) is 9.38. The molecule has 4 aromatic rings. The Balaban J connectivity index is 0.921. The number of aliphatic carboxylic acids is 1. The van der Waals surface area contributed by atoms with Crippen molar-refractivity contribution in [1.29, 1.82) is 0 Å². The number of aryl methyl sites for hydroxylation is 1. The molecule has 0 spiro atoms. The van der Waals surface area contributed by atoms with Crippen molar-refractivity contribution < 1.29 is 62.5 Å². The molecule has 7 amide bonds. The lowest BCUT2D eigenvalue weighted by Crippen LogP contribution is -2.53. The number of carbonyl (C=O) groups is 9. The van der Waals surface area contributed by atoms with Crippen molar-refractivity contribution in [3.05, 3.63) is 97.6 Å². The summed E-state index contributed by atoms with van der Waals surface area (Å²) < 4.78 is 22.1. The summed E-state index contributed by atoms with van der Waals surface area (Å²) in [7, 11) is 0. The minimum Gasteiger partial charge on any atom is -0.481 e. The van der Waals surface area contributed by atoms with Crippen molar-refractivity contribution in [2.75, 3.05) is 31.9 Å². The number of ether oxygens (including phenoxy) is 1. The lowest BCUT2D eigenvalue weighted by Gasteiger charge is -2.31. The van der Waals surface area contributed by atoms with Gasteiger partial charge in [0.2, 0.25) is 41.4 Å². The summed E-state index contributed by atoms with van der Waals surface area (Å²) in [5.74, 6) is -7.37. The van der Waals surface area contributed by atoms with Gasteiger partial charge in [-0.3, -0.25) is 43.2 Å². The van der Waals surface area contributed by atoms with Crippen LogP contribution in [0.3, 0.4) is 0 Å². The largest absolute Gasteiger partial charge is 0.481 e. The lowest BCUT2D eigenvalue weighted by molar-refractivity contribution is -0.172. The predicted molar refractivity (Wildman–Crippen MR) is 264 cm³/mol. The molecule has 0 fully saturated rings. The van der Waals surface area contributed by atoms with Gasteiger partial charge in [-0.05, 0) is 66.7 Å². The van der Waals surface area contributed by atoms with Gasteiger partial charge in [0.1, 0.15) is 24.5 Å². The molecule has 4 atom stereocenters. The molecule has 1 aliphatic carbocycles. The van der Waals surface area contributed by atoms with Gasteiger partial charge in [0.05, 0.1) is 61.1 Å². The van der Waals surface area contributed by atoms with Crippen LogP contribution in [0.15, 0.2) is 47.3 Å². The molecule has 0 saturated heterocycles. The molecule has 2 aromatic heterocycles. The van der Waals surface area contributed by atoms with Gasteiger partial charge in [-0.15, -0.1) is 0 Å². The molecule has 4 heterocycles. The summed E-state index contributed by atoms with van der Waals surface area (Å²) in [5.41, 5.74) is 2.00. The molecular weight excluding hydrogens is 986 g/mol. The Hall–Kier alpha value is -7.73. The van der Waals surface area contributed by atoms with E-state index >= 15 is 4.39 Å². The first-order valence-electron chi connectivity index (χ1n) is 24.0. The summed E-state index contributed by atoms with van der Waals surface area (Å²) in [5, 5.41) is 38.7. The monoisotopic (exact) mass is 1040 g/mol. The molecule has 22 nitrogen and oxygen atoms in total. The normalized spacial score (nSPS) is 16.8. The number of esters is 1. The highest BCUT2D eigenvalue weighted by atomic mass is 32.1. The number of amides is 7. The van der Waals surface area contributed by atoms with Crippen LogP contribution in [0.1, 0.15) is 90.4 Å². The number of hydrogen-bond donors (Lipinski definition) is 10. The quantitative estimate of drug-likeness (QED) is 0.0246. The number of benzene rings is 2. The zero-order valence-corrected chi connectivity index (χ0v) is 41.4. The van der Waals surface area contributed by atoms with E-state index in [1.807, 2.05) is 0 Å². The van der Waals surface area contributed by atoms with E-state index in [1.54, 1.807) is 50.2 Å². The summed E-state index contributed by atoms with van der Waals surface area (Å²) in [6, 6.07) is 8.33. The molecule has 74 heavy (non-hydrogen) atoms. The highest BCUT2D eigenvalue weighted by molar-refractivity contribution is 7.80. The molecular formula is C50H56FN9O13S. The van der Waals surface area contributed by atoms with E-state index in [2.05, 4.69) is 49.8 Å². The van der Waals surface area contributed by atoms with Crippen LogP contribution in [-0.2, 0) is 79.5 Å². The highest BCUT2D eigenvalue weighted by Gasteiger charge is 2.46. The number of nitrogens with one attached hydrogen (secondary N) is 7. The number of nitrogens with zero attached hydrogens (tertiary/aromatic N) is 2. The van der Waals surface area contributed by atoms with Crippen molar-refractivity contribution in [1.82, 2.24) is 46.8 Å². The van der Waals surface area contributed by atoms with Gasteiger partial charge >= 0.3 is 11.9 Å². The zero-order chi connectivity index (χ0) is 53.4. The molecule has 7 rings (SSSR count). The van der Waals surface area contributed by atoms with Gasteiger partial charge in [-0.1, -0.05) is 37.3 Å². The average Bonchev–Trinajstić information content (AvgIpc) is 3.74. The maximum absolute atomic E-state index is 15.4. The Morgan fingerprint density at radius 1 is 0.865 bits per heavy atom. The number of halogens is 1. The number of rotatable bonds is 22. The second-order valence-electron chi connectivity index (χ2n) is 18.1. The van der Waals surface area contributed by atoms with Gasteiger partial charge in [-0.2, -0.15) is 12.6 Å². The van der Waals surface area contributed by atoms with E-state index in [0.29, 0.717) is 57.4 Å². The molecule has 3 aliphatic rings. The minimum atomic E-state index is -2.05. The first-order valence-corrected chi connectivity index (χ1v) is 24.6. The molecule has 0 unspecified atom stereocenters.